The molecule has 1 heterocycles. The Morgan fingerprint density at radius 3 is 2.29 bits per heavy atom. The molecule has 1 fully saturated rings. The molecular weight excluding hydrogens is 216 g/mol. The van der Waals surface area contributed by atoms with E-state index in [1.165, 1.54) is 11.5 Å². The molecule has 0 saturated carbocycles. The van der Waals surface area contributed by atoms with Gasteiger partial charge in [0.25, 0.3) is 0 Å². The molecule has 0 aromatic rings. The van der Waals surface area contributed by atoms with Gasteiger partial charge < -0.3 is 4.74 Å². The fourth-order valence-electron chi connectivity index (χ4n) is 1.41. The largest absolute Gasteiger partial charge is 0.466 e. The average molecular weight is 234 g/mol. The van der Waals surface area contributed by atoms with Crippen molar-refractivity contribution in [1.29, 1.82) is 0 Å². The smallest absolute Gasteiger partial charge is 0.308 e. The van der Waals surface area contributed by atoms with Crippen LogP contribution in [-0.4, -0.2) is 35.6 Å². The first-order valence-corrected chi connectivity index (χ1v) is 7.47. The lowest BCUT2D eigenvalue weighted by atomic mass is 10.0. The van der Waals surface area contributed by atoms with Gasteiger partial charge in [0.15, 0.2) is 0 Å². The van der Waals surface area contributed by atoms with E-state index in [9.17, 15) is 4.79 Å². The van der Waals surface area contributed by atoms with Crippen molar-refractivity contribution in [2.75, 3.05) is 29.6 Å². The van der Waals surface area contributed by atoms with Crippen LogP contribution in [0.2, 0.25) is 0 Å². The summed E-state index contributed by atoms with van der Waals surface area (Å²) in [5.74, 6) is 4.80. The maximum atomic E-state index is 11.5. The van der Waals surface area contributed by atoms with Crippen molar-refractivity contribution in [1.82, 2.24) is 0 Å². The predicted octanol–water partition coefficient (Wildman–Crippen LogP) is 2.43. The van der Waals surface area contributed by atoms with E-state index in [2.05, 4.69) is 0 Å². The summed E-state index contributed by atoms with van der Waals surface area (Å²) in [4.78, 5) is 11.5. The third kappa shape index (κ3) is 4.60. The monoisotopic (exact) mass is 234 g/mol. The number of carbonyl (C=O) groups excluding carboxylic acids is 1. The molecule has 0 aliphatic carbocycles. The number of ether oxygens (including phenoxy) is 1. The van der Waals surface area contributed by atoms with E-state index in [-0.39, 0.29) is 11.9 Å². The van der Waals surface area contributed by atoms with E-state index < -0.39 is 0 Å². The van der Waals surface area contributed by atoms with Gasteiger partial charge in [-0.2, -0.15) is 23.5 Å². The highest BCUT2D eigenvalue weighted by Crippen LogP contribution is 2.21. The van der Waals surface area contributed by atoms with E-state index >= 15 is 0 Å². The molecule has 4 heteroatoms. The van der Waals surface area contributed by atoms with Crippen LogP contribution in [0.25, 0.3) is 0 Å². The molecule has 0 unspecified atom stereocenters. The highest BCUT2D eigenvalue weighted by Gasteiger charge is 2.19. The SMILES string of the molecule is CCOC(=O)C1CCSCCSCC1. The zero-order chi connectivity index (χ0) is 10.2. The summed E-state index contributed by atoms with van der Waals surface area (Å²) in [7, 11) is 0. The average Bonchev–Trinajstić information content (AvgIpc) is 2.30. The lowest BCUT2D eigenvalue weighted by Gasteiger charge is -2.13. The van der Waals surface area contributed by atoms with Crippen molar-refractivity contribution in [2.45, 2.75) is 19.8 Å². The molecule has 2 nitrogen and oxygen atoms in total. The van der Waals surface area contributed by atoms with Crippen LogP contribution < -0.4 is 0 Å². The lowest BCUT2D eigenvalue weighted by Crippen LogP contribution is -2.19. The normalized spacial score (nSPS) is 20.6. The topological polar surface area (TPSA) is 26.3 Å². The Kier molecular flexibility index (Phi) is 6.52. The van der Waals surface area contributed by atoms with Crippen LogP contribution >= 0.6 is 23.5 Å². The first-order chi connectivity index (χ1) is 6.84. The Morgan fingerprint density at radius 2 is 1.79 bits per heavy atom. The standard InChI is InChI=1S/C10H18O2S2/c1-2-12-10(11)9-3-5-13-7-8-14-6-4-9/h9H,2-8H2,1H3. The fraction of sp³-hybridized carbons (Fsp3) is 0.900. The minimum absolute atomic E-state index is 0.00981. The molecule has 82 valence electrons. The Bertz CT molecular complexity index is 164. The molecule has 1 saturated heterocycles. The van der Waals surface area contributed by atoms with Gasteiger partial charge in [-0.25, -0.2) is 0 Å². The van der Waals surface area contributed by atoms with Gasteiger partial charge in [-0.15, -0.1) is 0 Å². The van der Waals surface area contributed by atoms with Crippen LogP contribution in [0.5, 0.6) is 0 Å². The zero-order valence-electron chi connectivity index (χ0n) is 8.66. The molecule has 0 atom stereocenters. The first-order valence-electron chi connectivity index (χ1n) is 5.16. The zero-order valence-corrected chi connectivity index (χ0v) is 10.3. The van der Waals surface area contributed by atoms with Crippen molar-refractivity contribution < 1.29 is 9.53 Å². The summed E-state index contributed by atoms with van der Waals surface area (Å²) in [6, 6.07) is 0. The fourth-order valence-corrected chi connectivity index (χ4v) is 3.67. The van der Waals surface area contributed by atoms with Crippen LogP contribution in [0.15, 0.2) is 0 Å². The van der Waals surface area contributed by atoms with E-state index in [0.717, 1.165) is 24.3 Å². The number of hydrogen-bond donors (Lipinski definition) is 0. The Labute approximate surface area is 94.5 Å². The Balaban J connectivity index is 2.35. The van der Waals surface area contributed by atoms with Crippen molar-refractivity contribution in [2.24, 2.45) is 5.92 Å². The lowest BCUT2D eigenvalue weighted by molar-refractivity contribution is -0.148. The van der Waals surface area contributed by atoms with Gasteiger partial charge in [0.05, 0.1) is 12.5 Å². The van der Waals surface area contributed by atoms with Crippen molar-refractivity contribution in [3.05, 3.63) is 0 Å². The summed E-state index contributed by atoms with van der Waals surface area (Å²) >= 11 is 3.91. The van der Waals surface area contributed by atoms with Crippen LogP contribution in [0, 0.1) is 5.92 Å². The molecular formula is C10H18O2S2. The van der Waals surface area contributed by atoms with Gasteiger partial charge in [0.2, 0.25) is 0 Å². The van der Waals surface area contributed by atoms with Crippen molar-refractivity contribution in [3.8, 4) is 0 Å². The minimum atomic E-state index is 0.00981. The second-order valence-corrected chi connectivity index (χ2v) is 5.70. The molecule has 14 heavy (non-hydrogen) atoms. The number of hydrogen-bond acceptors (Lipinski definition) is 4. The molecule has 0 aromatic heterocycles. The molecule has 0 radical (unpaired) electrons. The van der Waals surface area contributed by atoms with E-state index in [0.29, 0.717) is 6.61 Å². The van der Waals surface area contributed by atoms with Gasteiger partial charge >= 0.3 is 5.97 Å². The van der Waals surface area contributed by atoms with Gasteiger partial charge in [0, 0.05) is 11.5 Å². The summed E-state index contributed by atoms with van der Waals surface area (Å²) in [6.45, 7) is 2.38. The maximum absolute atomic E-state index is 11.5. The van der Waals surface area contributed by atoms with Gasteiger partial charge in [-0.05, 0) is 31.3 Å². The number of carbonyl (C=O) groups is 1. The minimum Gasteiger partial charge on any atom is -0.466 e. The van der Waals surface area contributed by atoms with Gasteiger partial charge in [0.1, 0.15) is 0 Å². The quantitative estimate of drug-likeness (QED) is 0.686. The molecule has 0 aromatic carbocycles. The Hall–Kier alpha value is 0.170. The van der Waals surface area contributed by atoms with Crippen LogP contribution in [0.4, 0.5) is 0 Å². The number of rotatable bonds is 2. The van der Waals surface area contributed by atoms with Crippen LogP contribution in [-0.2, 0) is 9.53 Å². The molecule has 0 amide bonds. The summed E-state index contributed by atoms with van der Waals surface area (Å²) < 4.78 is 5.06. The second kappa shape index (κ2) is 7.46. The molecule has 1 aliphatic rings. The molecule has 1 aliphatic heterocycles. The summed E-state index contributed by atoms with van der Waals surface area (Å²) in [5.41, 5.74) is 0. The first kappa shape index (κ1) is 12.2. The van der Waals surface area contributed by atoms with Crippen LogP contribution in [0.1, 0.15) is 19.8 Å². The summed E-state index contributed by atoms with van der Waals surface area (Å²) in [6.07, 6.45) is 1.98. The Morgan fingerprint density at radius 1 is 1.21 bits per heavy atom. The highest BCUT2D eigenvalue weighted by atomic mass is 32.2. The maximum Gasteiger partial charge on any atom is 0.308 e. The third-order valence-corrected chi connectivity index (χ3v) is 4.51. The number of esters is 1. The molecule has 0 spiro atoms. The van der Waals surface area contributed by atoms with Crippen molar-refractivity contribution >= 4 is 29.5 Å². The third-order valence-electron chi connectivity index (χ3n) is 2.21. The van der Waals surface area contributed by atoms with E-state index in [1.54, 1.807) is 0 Å². The molecule has 0 N–H and O–H groups in total. The molecule has 0 bridgehead atoms. The van der Waals surface area contributed by atoms with Crippen LogP contribution in [0.3, 0.4) is 0 Å². The van der Waals surface area contributed by atoms with Gasteiger partial charge in [-0.1, -0.05) is 0 Å². The van der Waals surface area contributed by atoms with Gasteiger partial charge in [-0.3, -0.25) is 4.79 Å². The summed E-state index contributed by atoms with van der Waals surface area (Å²) in [5, 5.41) is 0. The molecule has 1 rings (SSSR count). The second-order valence-electron chi connectivity index (χ2n) is 3.25. The van der Waals surface area contributed by atoms with E-state index in [4.69, 9.17) is 4.74 Å². The highest BCUT2D eigenvalue weighted by molar-refractivity contribution is 8.02. The van der Waals surface area contributed by atoms with Crippen molar-refractivity contribution in [3.63, 3.8) is 0 Å². The predicted molar refractivity (Wildman–Crippen MR) is 64.0 cm³/mol. The number of thioether (sulfide) groups is 2. The van der Waals surface area contributed by atoms with E-state index in [1.807, 2.05) is 30.4 Å².